The molecule has 1 rings (SSSR count). The molecule has 6 N–H and O–H groups in total. The summed E-state index contributed by atoms with van der Waals surface area (Å²) in [6.07, 6.45) is 48.0. The third kappa shape index (κ3) is 35.3. The molecule has 1 amide bonds. The van der Waals surface area contributed by atoms with E-state index >= 15 is 0 Å². The van der Waals surface area contributed by atoms with Crippen LogP contribution < -0.4 is 5.32 Å². The van der Waals surface area contributed by atoms with Gasteiger partial charge in [0.15, 0.2) is 12.4 Å². The molecule has 0 bridgehead atoms. The van der Waals surface area contributed by atoms with Gasteiger partial charge in [0, 0.05) is 6.42 Å². The van der Waals surface area contributed by atoms with Gasteiger partial charge in [0.2, 0.25) is 5.91 Å². The number of aliphatic hydroxyl groups is 5. The largest absolute Gasteiger partial charge is 0.454 e. The Morgan fingerprint density at radius 3 is 1.54 bits per heavy atom. The summed E-state index contributed by atoms with van der Waals surface area (Å²) >= 11 is 0. The maximum absolute atomic E-state index is 13.4. The number of esters is 1. The van der Waals surface area contributed by atoms with E-state index in [1.807, 2.05) is 54.7 Å². The molecule has 0 radical (unpaired) electrons. The molecule has 8 atom stereocenters. The van der Waals surface area contributed by atoms with E-state index in [9.17, 15) is 35.1 Å². The van der Waals surface area contributed by atoms with Crippen LogP contribution in [0.15, 0.2) is 72.9 Å². The summed E-state index contributed by atoms with van der Waals surface area (Å²) in [4.78, 5) is 26.4. The monoisotopic (exact) mass is 986 g/mol. The minimum Gasteiger partial charge on any atom is -0.454 e. The Kier molecular flexibility index (Phi) is 43.8. The zero-order valence-electron chi connectivity index (χ0n) is 44.4. The fourth-order valence-electron chi connectivity index (χ4n) is 8.50. The van der Waals surface area contributed by atoms with Crippen molar-refractivity contribution in [1.29, 1.82) is 0 Å². The number of amides is 1. The number of ether oxygens (including phenoxy) is 3. The molecule has 8 unspecified atom stereocenters. The van der Waals surface area contributed by atoms with Gasteiger partial charge in [0.25, 0.3) is 0 Å². The normalized spacial score (nSPS) is 20.3. The van der Waals surface area contributed by atoms with Crippen molar-refractivity contribution in [2.75, 3.05) is 13.2 Å². The molecule has 1 aliphatic heterocycles. The van der Waals surface area contributed by atoms with Gasteiger partial charge in [-0.15, -0.1) is 0 Å². The highest BCUT2D eigenvalue weighted by atomic mass is 16.7. The van der Waals surface area contributed by atoms with E-state index in [-0.39, 0.29) is 19.4 Å². The van der Waals surface area contributed by atoms with E-state index in [4.69, 9.17) is 14.2 Å². The molecule has 0 aromatic rings. The zero-order chi connectivity index (χ0) is 51.1. The van der Waals surface area contributed by atoms with Crippen molar-refractivity contribution < 1.29 is 49.3 Å². The Balaban J connectivity index is 2.77. The fourth-order valence-corrected chi connectivity index (χ4v) is 8.50. The highest BCUT2D eigenvalue weighted by Gasteiger charge is 2.47. The van der Waals surface area contributed by atoms with Gasteiger partial charge in [-0.25, -0.2) is 0 Å². The molecular formula is C59H103NO10. The van der Waals surface area contributed by atoms with Crippen LogP contribution in [-0.2, 0) is 23.8 Å². The van der Waals surface area contributed by atoms with Crippen LogP contribution in [0.4, 0.5) is 0 Å². The van der Waals surface area contributed by atoms with E-state index in [2.05, 4.69) is 38.2 Å². The number of unbranched alkanes of at least 4 members (excludes halogenated alkanes) is 26. The molecule has 0 aromatic carbocycles. The van der Waals surface area contributed by atoms with Crippen molar-refractivity contribution in [3.05, 3.63) is 72.9 Å². The second-order valence-electron chi connectivity index (χ2n) is 19.4. The van der Waals surface area contributed by atoms with Crippen LogP contribution in [0.25, 0.3) is 0 Å². The first-order chi connectivity index (χ1) is 34.2. The van der Waals surface area contributed by atoms with Crippen molar-refractivity contribution in [2.24, 2.45) is 0 Å². The van der Waals surface area contributed by atoms with Crippen molar-refractivity contribution >= 4 is 11.9 Å². The van der Waals surface area contributed by atoms with Gasteiger partial charge in [-0.05, 0) is 44.9 Å². The summed E-state index contributed by atoms with van der Waals surface area (Å²) in [5.74, 6) is -1.24. The predicted octanol–water partition coefficient (Wildman–Crippen LogP) is 12.4. The van der Waals surface area contributed by atoms with Gasteiger partial charge in [0.05, 0.1) is 25.4 Å². The maximum Gasteiger partial charge on any atom is 0.306 e. The Labute approximate surface area is 426 Å². The number of hydrogen-bond donors (Lipinski definition) is 6. The lowest BCUT2D eigenvalue weighted by Crippen LogP contribution is -2.61. The summed E-state index contributed by atoms with van der Waals surface area (Å²) < 4.78 is 17.5. The molecule has 11 nitrogen and oxygen atoms in total. The zero-order valence-corrected chi connectivity index (χ0v) is 44.4. The number of rotatable bonds is 46. The van der Waals surface area contributed by atoms with Gasteiger partial charge >= 0.3 is 5.97 Å². The SMILES string of the molecule is CC/C=C/C=C/C=C\C=C/C=C/CCCCCC(=O)OC1C(OCC(NC(=O)C(O)CCCCCCCCCCCCCCCC)C(O)/C=C/CCCCCCCCCCCC)OC(CO)C(O)C1O. The molecular weight excluding hydrogens is 883 g/mol. The molecule has 1 fully saturated rings. The lowest BCUT2D eigenvalue weighted by molar-refractivity contribution is -0.305. The molecule has 404 valence electrons. The summed E-state index contributed by atoms with van der Waals surface area (Å²) in [5, 5.41) is 56.7. The topological polar surface area (TPSA) is 175 Å². The Hall–Kier alpha value is -2.90. The molecule has 70 heavy (non-hydrogen) atoms. The van der Waals surface area contributed by atoms with E-state index < -0.39 is 67.4 Å². The van der Waals surface area contributed by atoms with Gasteiger partial charge in [0.1, 0.15) is 24.4 Å². The standard InChI is InChI=1S/C59H103NO10/c1-4-7-10-13-16-19-22-25-27-29-32-35-38-41-44-47-54(64)70-57-56(66)55(65)53(48-61)69-59(57)68-49-50(51(62)45-42-39-36-33-30-24-21-18-15-12-9-6-3)60-58(67)52(63)46-43-40-37-34-31-28-26-23-20-17-14-11-8-5-2/h7,10,13,16,19,22,25,27,29,32,42,45,50-53,55-57,59,61-63,65-66H,4-6,8-9,11-12,14-15,17-18,20-21,23-24,26,28,30-31,33-41,43-44,46-49H2,1-3H3,(H,60,67)/b10-7+,16-13+,22-19-,27-25-,32-29+,45-42+. The first-order valence-corrected chi connectivity index (χ1v) is 28.3. The predicted molar refractivity (Wildman–Crippen MR) is 287 cm³/mol. The highest BCUT2D eigenvalue weighted by molar-refractivity contribution is 5.80. The van der Waals surface area contributed by atoms with E-state index in [1.54, 1.807) is 6.08 Å². The van der Waals surface area contributed by atoms with Crippen LogP contribution in [0.1, 0.15) is 226 Å². The molecule has 0 spiro atoms. The number of hydrogen-bond acceptors (Lipinski definition) is 10. The smallest absolute Gasteiger partial charge is 0.306 e. The molecule has 0 saturated carbocycles. The summed E-state index contributed by atoms with van der Waals surface area (Å²) in [7, 11) is 0. The van der Waals surface area contributed by atoms with Crippen LogP contribution in [0, 0.1) is 0 Å². The molecule has 1 aliphatic rings. The molecule has 0 aliphatic carbocycles. The Morgan fingerprint density at radius 1 is 0.571 bits per heavy atom. The van der Waals surface area contributed by atoms with Gasteiger partial charge in [-0.2, -0.15) is 0 Å². The lowest BCUT2D eigenvalue weighted by atomic mass is 9.99. The van der Waals surface area contributed by atoms with Gasteiger partial charge in [-0.3, -0.25) is 9.59 Å². The van der Waals surface area contributed by atoms with Crippen LogP contribution >= 0.6 is 0 Å². The van der Waals surface area contributed by atoms with E-state index in [1.165, 1.54) is 116 Å². The van der Waals surface area contributed by atoms with Crippen molar-refractivity contribution in [1.82, 2.24) is 5.32 Å². The van der Waals surface area contributed by atoms with E-state index in [0.29, 0.717) is 12.8 Å². The average molecular weight is 986 g/mol. The summed E-state index contributed by atoms with van der Waals surface area (Å²) in [5.41, 5.74) is 0. The number of nitrogens with one attached hydrogen (secondary N) is 1. The number of carbonyl (C=O) groups is 2. The third-order valence-corrected chi connectivity index (χ3v) is 13.0. The highest BCUT2D eigenvalue weighted by Crippen LogP contribution is 2.26. The first kappa shape index (κ1) is 65.1. The van der Waals surface area contributed by atoms with Crippen LogP contribution in [0.3, 0.4) is 0 Å². The number of aliphatic hydroxyl groups excluding tert-OH is 5. The summed E-state index contributed by atoms with van der Waals surface area (Å²) in [6.45, 7) is 5.60. The number of allylic oxidation sites excluding steroid dienone is 11. The minimum atomic E-state index is -1.63. The Bertz CT molecular complexity index is 1410. The van der Waals surface area contributed by atoms with E-state index in [0.717, 1.165) is 64.2 Å². The molecule has 1 heterocycles. The molecule has 1 saturated heterocycles. The molecule has 11 heteroatoms. The maximum atomic E-state index is 13.4. The van der Waals surface area contributed by atoms with Crippen LogP contribution in [-0.4, -0.2) is 99.6 Å². The van der Waals surface area contributed by atoms with Crippen molar-refractivity contribution in [3.63, 3.8) is 0 Å². The van der Waals surface area contributed by atoms with Crippen LogP contribution in [0.5, 0.6) is 0 Å². The summed E-state index contributed by atoms with van der Waals surface area (Å²) in [6, 6.07) is -1.03. The number of carbonyl (C=O) groups excluding carboxylic acids is 2. The fraction of sp³-hybridized carbons (Fsp3) is 0.763. The third-order valence-electron chi connectivity index (χ3n) is 13.0. The lowest BCUT2D eigenvalue weighted by Gasteiger charge is -2.41. The minimum absolute atomic E-state index is 0.0727. The Morgan fingerprint density at radius 2 is 1.03 bits per heavy atom. The van der Waals surface area contributed by atoms with Gasteiger partial charge < -0.3 is 45.1 Å². The van der Waals surface area contributed by atoms with Crippen molar-refractivity contribution in [2.45, 2.75) is 275 Å². The van der Waals surface area contributed by atoms with Gasteiger partial charge in [-0.1, -0.05) is 248 Å². The quantitative estimate of drug-likeness (QED) is 0.0149. The molecule has 0 aromatic heterocycles. The second kappa shape index (κ2) is 47.1. The average Bonchev–Trinajstić information content (AvgIpc) is 3.36. The first-order valence-electron chi connectivity index (χ1n) is 28.3. The van der Waals surface area contributed by atoms with Crippen molar-refractivity contribution in [3.8, 4) is 0 Å². The van der Waals surface area contributed by atoms with Crippen LogP contribution in [0.2, 0.25) is 0 Å². The second-order valence-corrected chi connectivity index (χ2v) is 19.4.